The zero-order valence-electron chi connectivity index (χ0n) is 11.5. The van der Waals surface area contributed by atoms with Crippen molar-refractivity contribution in [3.05, 3.63) is 56.2 Å². The van der Waals surface area contributed by atoms with Gasteiger partial charge in [-0.3, -0.25) is 9.36 Å². The summed E-state index contributed by atoms with van der Waals surface area (Å²) >= 11 is 0. The molecule has 8 heteroatoms. The first-order valence-corrected chi connectivity index (χ1v) is 6.10. The van der Waals surface area contributed by atoms with Crippen molar-refractivity contribution < 1.29 is 9.90 Å². The van der Waals surface area contributed by atoms with Crippen molar-refractivity contribution in [3.8, 4) is 0 Å². The number of carboxylic acid groups (broad SMARTS) is 1. The molecule has 0 aliphatic carbocycles. The number of carboxylic acids is 1. The topological polar surface area (TPSA) is 106 Å². The van der Waals surface area contributed by atoms with Crippen LogP contribution in [0.2, 0.25) is 0 Å². The number of anilines is 1. The zero-order chi connectivity index (χ0) is 15.6. The van der Waals surface area contributed by atoms with Crippen molar-refractivity contribution in [1.82, 2.24) is 14.3 Å². The summed E-state index contributed by atoms with van der Waals surface area (Å²) in [5.41, 5.74) is -0.200. The summed E-state index contributed by atoms with van der Waals surface area (Å²) in [5, 5.41) is 15.6. The first-order chi connectivity index (χ1) is 9.90. The van der Waals surface area contributed by atoms with Crippen molar-refractivity contribution in [3.63, 3.8) is 0 Å². The lowest BCUT2D eigenvalue weighted by Gasteiger charge is -2.08. The summed E-state index contributed by atoms with van der Waals surface area (Å²) in [5.74, 6) is -0.992. The summed E-state index contributed by atoms with van der Waals surface area (Å²) in [7, 11) is 2.81. The molecular weight excluding hydrogens is 276 g/mol. The van der Waals surface area contributed by atoms with Crippen molar-refractivity contribution in [2.45, 2.75) is 6.54 Å². The standard InChI is InChI=1S/C13H14N4O4/c1-16-11(18)10(15-17(2)13(16)21)14-7-8-4-3-5-9(6-8)12(19)20/h3-6H,7H2,1-2H3,(H,14,15)(H,19,20). The largest absolute Gasteiger partial charge is 0.478 e. The van der Waals surface area contributed by atoms with Gasteiger partial charge in [-0.15, -0.1) is 5.10 Å². The van der Waals surface area contributed by atoms with E-state index in [1.807, 2.05) is 0 Å². The second kappa shape index (κ2) is 5.61. The molecule has 2 N–H and O–H groups in total. The molecule has 0 radical (unpaired) electrons. The van der Waals surface area contributed by atoms with Gasteiger partial charge < -0.3 is 10.4 Å². The van der Waals surface area contributed by atoms with Crippen LogP contribution in [0.1, 0.15) is 15.9 Å². The molecule has 0 bridgehead atoms. The molecular formula is C13H14N4O4. The van der Waals surface area contributed by atoms with Crippen molar-refractivity contribution in [1.29, 1.82) is 0 Å². The number of aromatic nitrogens is 3. The van der Waals surface area contributed by atoms with Gasteiger partial charge in [0.1, 0.15) is 0 Å². The number of aryl methyl sites for hydroxylation is 1. The highest BCUT2D eigenvalue weighted by atomic mass is 16.4. The molecule has 110 valence electrons. The van der Waals surface area contributed by atoms with E-state index in [0.29, 0.717) is 5.56 Å². The Balaban J connectivity index is 2.25. The van der Waals surface area contributed by atoms with Crippen LogP contribution in [0.15, 0.2) is 33.9 Å². The van der Waals surface area contributed by atoms with E-state index in [4.69, 9.17) is 5.11 Å². The predicted molar refractivity (Wildman–Crippen MR) is 75.4 cm³/mol. The summed E-state index contributed by atoms with van der Waals surface area (Å²) < 4.78 is 2.00. The van der Waals surface area contributed by atoms with E-state index in [-0.39, 0.29) is 17.9 Å². The fourth-order valence-corrected chi connectivity index (χ4v) is 1.81. The lowest BCUT2D eigenvalue weighted by atomic mass is 10.1. The van der Waals surface area contributed by atoms with E-state index in [1.54, 1.807) is 12.1 Å². The van der Waals surface area contributed by atoms with Gasteiger partial charge in [-0.2, -0.15) is 0 Å². The molecule has 0 unspecified atom stereocenters. The van der Waals surface area contributed by atoms with Gasteiger partial charge in [0.15, 0.2) is 0 Å². The number of nitrogens with one attached hydrogen (secondary N) is 1. The Kier molecular flexibility index (Phi) is 3.88. The number of aromatic carboxylic acids is 1. The van der Waals surface area contributed by atoms with Crippen LogP contribution in [0.4, 0.5) is 5.82 Å². The smallest absolute Gasteiger partial charge is 0.346 e. The normalized spacial score (nSPS) is 10.4. The van der Waals surface area contributed by atoms with Crippen molar-refractivity contribution in [2.75, 3.05) is 5.32 Å². The second-order valence-corrected chi connectivity index (χ2v) is 4.48. The summed E-state index contributed by atoms with van der Waals surface area (Å²) in [6.45, 7) is 0.224. The molecule has 2 rings (SSSR count). The maximum absolute atomic E-state index is 11.9. The average molecular weight is 290 g/mol. The Labute approximate surface area is 119 Å². The van der Waals surface area contributed by atoms with Crippen molar-refractivity contribution >= 4 is 11.8 Å². The molecule has 1 heterocycles. The molecule has 1 aromatic carbocycles. The van der Waals surface area contributed by atoms with Gasteiger partial charge in [-0.25, -0.2) is 14.3 Å². The van der Waals surface area contributed by atoms with E-state index < -0.39 is 17.2 Å². The van der Waals surface area contributed by atoms with Gasteiger partial charge in [0, 0.05) is 20.6 Å². The third-order valence-electron chi connectivity index (χ3n) is 2.95. The highest BCUT2D eigenvalue weighted by Gasteiger charge is 2.09. The van der Waals surface area contributed by atoms with Crippen LogP contribution < -0.4 is 16.6 Å². The summed E-state index contributed by atoms with van der Waals surface area (Å²) in [4.78, 5) is 34.3. The molecule has 0 amide bonds. The summed E-state index contributed by atoms with van der Waals surface area (Å²) in [6, 6.07) is 6.33. The van der Waals surface area contributed by atoms with Crippen LogP contribution in [0.5, 0.6) is 0 Å². The Morgan fingerprint density at radius 3 is 2.71 bits per heavy atom. The van der Waals surface area contributed by atoms with Gasteiger partial charge in [-0.05, 0) is 17.7 Å². The first-order valence-electron chi connectivity index (χ1n) is 6.10. The maximum atomic E-state index is 11.9. The van der Waals surface area contributed by atoms with Crippen LogP contribution in [-0.4, -0.2) is 25.4 Å². The molecule has 2 aromatic rings. The second-order valence-electron chi connectivity index (χ2n) is 4.48. The molecule has 8 nitrogen and oxygen atoms in total. The average Bonchev–Trinajstić information content (AvgIpc) is 2.47. The third kappa shape index (κ3) is 2.99. The van der Waals surface area contributed by atoms with Crippen molar-refractivity contribution in [2.24, 2.45) is 14.1 Å². The van der Waals surface area contributed by atoms with Gasteiger partial charge in [0.05, 0.1) is 5.56 Å². The predicted octanol–water partition coefficient (Wildman–Crippen LogP) is -0.211. The lowest BCUT2D eigenvalue weighted by molar-refractivity contribution is 0.0697. The summed E-state index contributed by atoms with van der Waals surface area (Å²) in [6.07, 6.45) is 0. The maximum Gasteiger partial charge on any atom is 0.346 e. The number of rotatable bonds is 4. The van der Waals surface area contributed by atoms with Gasteiger partial charge in [-0.1, -0.05) is 12.1 Å². The fourth-order valence-electron chi connectivity index (χ4n) is 1.81. The Morgan fingerprint density at radius 1 is 1.33 bits per heavy atom. The van der Waals surface area contributed by atoms with Crippen LogP contribution in [0, 0.1) is 0 Å². The molecule has 0 aliphatic heterocycles. The Hall–Kier alpha value is -2.90. The van der Waals surface area contributed by atoms with Gasteiger partial charge in [0.2, 0.25) is 5.82 Å². The molecule has 1 aromatic heterocycles. The number of carbonyl (C=O) groups is 1. The molecule has 0 spiro atoms. The molecule has 0 aliphatic rings. The number of hydrogen-bond acceptors (Lipinski definition) is 5. The SMILES string of the molecule is Cn1nc(NCc2cccc(C(=O)O)c2)c(=O)n(C)c1=O. The molecule has 0 saturated heterocycles. The number of hydrogen-bond donors (Lipinski definition) is 2. The van der Waals surface area contributed by atoms with Crippen LogP contribution >= 0.6 is 0 Å². The Morgan fingerprint density at radius 2 is 2.05 bits per heavy atom. The number of benzene rings is 1. The van der Waals surface area contributed by atoms with E-state index in [9.17, 15) is 14.4 Å². The molecule has 0 saturated carbocycles. The highest BCUT2D eigenvalue weighted by Crippen LogP contribution is 2.06. The fraction of sp³-hybridized carbons (Fsp3) is 0.231. The molecule has 21 heavy (non-hydrogen) atoms. The van der Waals surface area contributed by atoms with E-state index in [1.165, 1.54) is 26.2 Å². The zero-order valence-corrected chi connectivity index (χ0v) is 11.5. The molecule has 0 atom stereocenters. The minimum Gasteiger partial charge on any atom is -0.478 e. The first kappa shape index (κ1) is 14.5. The van der Waals surface area contributed by atoms with E-state index in [2.05, 4.69) is 10.4 Å². The minimum absolute atomic E-state index is 0.0281. The van der Waals surface area contributed by atoms with Crippen LogP contribution in [0.25, 0.3) is 0 Å². The van der Waals surface area contributed by atoms with E-state index in [0.717, 1.165) is 9.25 Å². The molecule has 0 fully saturated rings. The Bertz CT molecular complexity index is 807. The lowest BCUT2D eigenvalue weighted by Crippen LogP contribution is -2.39. The van der Waals surface area contributed by atoms with Gasteiger partial charge in [0.25, 0.3) is 5.56 Å². The van der Waals surface area contributed by atoms with Crippen LogP contribution in [-0.2, 0) is 20.6 Å². The highest BCUT2D eigenvalue weighted by molar-refractivity contribution is 5.87. The third-order valence-corrected chi connectivity index (χ3v) is 2.95. The van der Waals surface area contributed by atoms with Gasteiger partial charge >= 0.3 is 11.7 Å². The monoisotopic (exact) mass is 290 g/mol. The minimum atomic E-state index is -1.02. The number of nitrogens with zero attached hydrogens (tertiary/aromatic N) is 3. The van der Waals surface area contributed by atoms with E-state index >= 15 is 0 Å². The van der Waals surface area contributed by atoms with Crippen LogP contribution in [0.3, 0.4) is 0 Å². The quantitative estimate of drug-likeness (QED) is 0.807.